The number of nitrogen functional groups attached to an aromatic ring is 1. The fourth-order valence-electron chi connectivity index (χ4n) is 2.14. The Kier molecular flexibility index (Phi) is 2.99. The third kappa shape index (κ3) is 2.16. The number of hydrogen-bond donors (Lipinski definition) is 1. The number of nitrogens with two attached hydrogens (primary N) is 1. The summed E-state index contributed by atoms with van der Waals surface area (Å²) < 4.78 is 5.38. The average molecular weight is 265 g/mol. The Morgan fingerprint density at radius 2 is 1.70 bits per heavy atom. The van der Waals surface area contributed by atoms with Crippen LogP contribution in [0.4, 0.5) is 5.69 Å². The highest BCUT2D eigenvalue weighted by Gasteiger charge is 2.13. The number of nitrogens with zero attached hydrogens (tertiary/aromatic N) is 2. The van der Waals surface area contributed by atoms with Crippen molar-refractivity contribution in [2.75, 3.05) is 5.73 Å². The van der Waals surface area contributed by atoms with Gasteiger partial charge in [-0.2, -0.15) is 4.98 Å². The van der Waals surface area contributed by atoms with Crippen LogP contribution in [0, 0.1) is 13.8 Å². The first-order chi connectivity index (χ1) is 9.65. The van der Waals surface area contributed by atoms with E-state index in [2.05, 4.69) is 10.1 Å². The lowest BCUT2D eigenvalue weighted by Gasteiger charge is -2.01. The van der Waals surface area contributed by atoms with E-state index in [-0.39, 0.29) is 0 Å². The monoisotopic (exact) mass is 265 g/mol. The van der Waals surface area contributed by atoms with Gasteiger partial charge in [0.1, 0.15) is 0 Å². The standard InChI is InChI=1S/C16H15N3O/c1-10-5-3-4-6-13(10)15-18-16(20-19-15)14-9-12(17)8-7-11(14)2/h3-9H,17H2,1-2H3. The molecule has 0 atom stereocenters. The molecular formula is C16H15N3O. The summed E-state index contributed by atoms with van der Waals surface area (Å²) in [4.78, 5) is 4.48. The van der Waals surface area contributed by atoms with Crippen molar-refractivity contribution in [1.82, 2.24) is 10.1 Å². The van der Waals surface area contributed by atoms with E-state index in [4.69, 9.17) is 10.3 Å². The van der Waals surface area contributed by atoms with Crippen LogP contribution < -0.4 is 5.73 Å². The molecule has 4 heteroatoms. The van der Waals surface area contributed by atoms with Gasteiger partial charge in [0.2, 0.25) is 5.82 Å². The highest BCUT2D eigenvalue weighted by molar-refractivity contribution is 5.67. The Morgan fingerprint density at radius 1 is 0.950 bits per heavy atom. The van der Waals surface area contributed by atoms with Crippen molar-refractivity contribution in [2.24, 2.45) is 0 Å². The van der Waals surface area contributed by atoms with E-state index in [1.807, 2.05) is 56.3 Å². The van der Waals surface area contributed by atoms with Gasteiger partial charge in [-0.05, 0) is 37.1 Å². The molecule has 1 aromatic heterocycles. The normalized spacial score (nSPS) is 10.7. The number of aromatic nitrogens is 2. The van der Waals surface area contributed by atoms with Crippen LogP contribution in [-0.4, -0.2) is 10.1 Å². The van der Waals surface area contributed by atoms with Crippen LogP contribution in [0.5, 0.6) is 0 Å². The van der Waals surface area contributed by atoms with E-state index in [0.717, 1.165) is 22.3 Å². The Labute approximate surface area is 117 Å². The summed E-state index contributed by atoms with van der Waals surface area (Å²) in [5.41, 5.74) is 10.5. The summed E-state index contributed by atoms with van der Waals surface area (Å²) in [6.07, 6.45) is 0. The molecule has 1 heterocycles. The molecule has 0 saturated heterocycles. The highest BCUT2D eigenvalue weighted by Crippen LogP contribution is 2.27. The maximum Gasteiger partial charge on any atom is 0.258 e. The second-order valence-electron chi connectivity index (χ2n) is 4.81. The molecule has 2 N–H and O–H groups in total. The molecule has 0 aliphatic heterocycles. The molecule has 3 rings (SSSR count). The van der Waals surface area contributed by atoms with E-state index in [1.54, 1.807) is 0 Å². The zero-order valence-electron chi connectivity index (χ0n) is 11.4. The summed E-state index contributed by atoms with van der Waals surface area (Å²) in [6.45, 7) is 4.02. The van der Waals surface area contributed by atoms with Crippen molar-refractivity contribution >= 4 is 5.69 Å². The molecular weight excluding hydrogens is 250 g/mol. The minimum absolute atomic E-state index is 0.494. The molecule has 4 nitrogen and oxygen atoms in total. The molecule has 2 aromatic carbocycles. The van der Waals surface area contributed by atoms with E-state index < -0.39 is 0 Å². The second kappa shape index (κ2) is 4.81. The van der Waals surface area contributed by atoms with Gasteiger partial charge >= 0.3 is 0 Å². The van der Waals surface area contributed by atoms with Gasteiger partial charge in [-0.1, -0.05) is 35.5 Å². The fraction of sp³-hybridized carbons (Fsp3) is 0.125. The Morgan fingerprint density at radius 3 is 2.50 bits per heavy atom. The minimum Gasteiger partial charge on any atom is -0.399 e. The first-order valence-electron chi connectivity index (χ1n) is 6.41. The minimum atomic E-state index is 0.494. The Bertz CT molecular complexity index is 762. The van der Waals surface area contributed by atoms with Gasteiger partial charge in [-0.3, -0.25) is 0 Å². The van der Waals surface area contributed by atoms with Crippen LogP contribution in [0.1, 0.15) is 11.1 Å². The van der Waals surface area contributed by atoms with Gasteiger partial charge in [0.25, 0.3) is 5.89 Å². The van der Waals surface area contributed by atoms with Crippen LogP contribution in [0.15, 0.2) is 47.0 Å². The van der Waals surface area contributed by atoms with Gasteiger partial charge in [0, 0.05) is 16.8 Å². The van der Waals surface area contributed by atoms with Crippen LogP contribution in [0.2, 0.25) is 0 Å². The topological polar surface area (TPSA) is 64.9 Å². The average Bonchev–Trinajstić information content (AvgIpc) is 2.91. The molecule has 0 unspecified atom stereocenters. The summed E-state index contributed by atoms with van der Waals surface area (Å²) in [5.74, 6) is 1.09. The van der Waals surface area contributed by atoms with Gasteiger partial charge in [-0.15, -0.1) is 0 Å². The number of benzene rings is 2. The van der Waals surface area contributed by atoms with Gasteiger partial charge in [0.05, 0.1) is 0 Å². The number of anilines is 1. The second-order valence-corrected chi connectivity index (χ2v) is 4.81. The predicted molar refractivity (Wildman–Crippen MR) is 79.1 cm³/mol. The number of rotatable bonds is 2. The van der Waals surface area contributed by atoms with Crippen molar-refractivity contribution in [3.8, 4) is 22.8 Å². The number of hydrogen-bond acceptors (Lipinski definition) is 4. The lowest BCUT2D eigenvalue weighted by Crippen LogP contribution is -1.89. The third-order valence-electron chi connectivity index (χ3n) is 3.30. The summed E-state index contributed by atoms with van der Waals surface area (Å²) in [7, 11) is 0. The van der Waals surface area contributed by atoms with E-state index in [9.17, 15) is 0 Å². The molecule has 0 fully saturated rings. The van der Waals surface area contributed by atoms with Crippen LogP contribution in [-0.2, 0) is 0 Å². The third-order valence-corrected chi connectivity index (χ3v) is 3.30. The van der Waals surface area contributed by atoms with Crippen molar-refractivity contribution in [3.63, 3.8) is 0 Å². The molecule has 0 aliphatic carbocycles. The number of aryl methyl sites for hydroxylation is 2. The molecule has 20 heavy (non-hydrogen) atoms. The molecule has 0 amide bonds. The van der Waals surface area contributed by atoms with Crippen molar-refractivity contribution in [3.05, 3.63) is 53.6 Å². The molecule has 0 saturated carbocycles. The van der Waals surface area contributed by atoms with E-state index in [0.29, 0.717) is 17.4 Å². The molecule has 100 valence electrons. The van der Waals surface area contributed by atoms with E-state index >= 15 is 0 Å². The first kappa shape index (κ1) is 12.4. The zero-order chi connectivity index (χ0) is 14.1. The molecule has 3 aromatic rings. The van der Waals surface area contributed by atoms with Gasteiger partial charge < -0.3 is 10.3 Å². The van der Waals surface area contributed by atoms with Gasteiger partial charge in [0.15, 0.2) is 0 Å². The zero-order valence-corrected chi connectivity index (χ0v) is 11.4. The largest absolute Gasteiger partial charge is 0.399 e. The summed E-state index contributed by atoms with van der Waals surface area (Å²) >= 11 is 0. The van der Waals surface area contributed by atoms with Crippen molar-refractivity contribution in [2.45, 2.75) is 13.8 Å². The SMILES string of the molecule is Cc1ccccc1-c1noc(-c2cc(N)ccc2C)n1. The quantitative estimate of drug-likeness (QED) is 0.719. The summed E-state index contributed by atoms with van der Waals surface area (Å²) in [6, 6.07) is 13.6. The summed E-state index contributed by atoms with van der Waals surface area (Å²) in [5, 5.41) is 4.07. The lowest BCUT2D eigenvalue weighted by molar-refractivity contribution is 0.432. The van der Waals surface area contributed by atoms with Crippen LogP contribution in [0.25, 0.3) is 22.8 Å². The molecule has 0 radical (unpaired) electrons. The Hall–Kier alpha value is -2.62. The smallest absolute Gasteiger partial charge is 0.258 e. The fourth-order valence-corrected chi connectivity index (χ4v) is 2.14. The predicted octanol–water partition coefficient (Wildman–Crippen LogP) is 3.60. The van der Waals surface area contributed by atoms with Crippen LogP contribution in [0.3, 0.4) is 0 Å². The molecule has 0 aliphatic rings. The van der Waals surface area contributed by atoms with Gasteiger partial charge in [-0.25, -0.2) is 0 Å². The van der Waals surface area contributed by atoms with E-state index in [1.165, 1.54) is 0 Å². The highest BCUT2D eigenvalue weighted by atomic mass is 16.5. The Balaban J connectivity index is 2.07. The molecule has 0 bridgehead atoms. The first-order valence-corrected chi connectivity index (χ1v) is 6.41. The maximum atomic E-state index is 5.82. The lowest BCUT2D eigenvalue weighted by atomic mass is 10.1. The van der Waals surface area contributed by atoms with Crippen LogP contribution >= 0.6 is 0 Å². The van der Waals surface area contributed by atoms with Crippen molar-refractivity contribution < 1.29 is 4.52 Å². The van der Waals surface area contributed by atoms with Crippen molar-refractivity contribution in [1.29, 1.82) is 0 Å². The maximum absolute atomic E-state index is 5.82. The molecule has 0 spiro atoms.